The van der Waals surface area contributed by atoms with E-state index >= 15 is 0 Å². The third-order valence-corrected chi connectivity index (χ3v) is 13.6. The average Bonchev–Trinajstić information content (AvgIpc) is 3.37. The third kappa shape index (κ3) is 13.7. The molecule has 440 valence electrons. The highest BCUT2D eigenvalue weighted by molar-refractivity contribution is 5.74. The normalized spacial score (nSPS) is 48.2. The van der Waals surface area contributed by atoms with Crippen molar-refractivity contribution < 1.29 is 153 Å². The van der Waals surface area contributed by atoms with Crippen molar-refractivity contribution in [1.82, 2.24) is 16.0 Å². The number of hydrogen-bond acceptors (Lipinski definition) is 31. The van der Waals surface area contributed by atoms with Crippen LogP contribution in [0.4, 0.5) is 0 Å². The summed E-state index contributed by atoms with van der Waals surface area (Å²) in [5.74, 6) is -2.35. The lowest BCUT2D eigenvalue weighted by atomic mass is 9.94. The summed E-state index contributed by atoms with van der Waals surface area (Å²) in [5.41, 5.74) is 0. The Morgan fingerprint density at radius 1 is 0.342 bits per heavy atom. The quantitative estimate of drug-likeness (QED) is 0.0571. The lowest BCUT2D eigenvalue weighted by molar-refractivity contribution is -0.394. The number of rotatable bonds is 19. The van der Waals surface area contributed by atoms with E-state index in [0.29, 0.717) is 0 Å². The number of aliphatic hydroxyl groups is 17. The second kappa shape index (κ2) is 27.2. The number of aliphatic hydroxyl groups excluding tert-OH is 17. The van der Waals surface area contributed by atoms with Gasteiger partial charge in [-0.15, -0.1) is 0 Å². The van der Waals surface area contributed by atoms with Crippen LogP contribution < -0.4 is 16.0 Å². The summed E-state index contributed by atoms with van der Waals surface area (Å²) in [6, 6.07) is -4.95. The van der Waals surface area contributed by atoms with E-state index in [2.05, 4.69) is 16.0 Å². The molecule has 20 N–H and O–H groups in total. The van der Waals surface area contributed by atoms with Crippen LogP contribution in [0.3, 0.4) is 0 Å². The van der Waals surface area contributed by atoms with E-state index in [-0.39, 0.29) is 0 Å². The van der Waals surface area contributed by atoms with Crippen molar-refractivity contribution in [2.45, 2.75) is 205 Å². The molecule has 34 heteroatoms. The molecule has 0 aromatic rings. The molecule has 6 fully saturated rings. The maximum absolute atomic E-state index is 12.2. The molecule has 34 nitrogen and oxygen atoms in total. The van der Waals surface area contributed by atoms with E-state index in [1.165, 1.54) is 0 Å². The first kappa shape index (κ1) is 62.5. The molecular formula is C42H71N3O31. The molecule has 6 heterocycles. The Labute approximate surface area is 431 Å². The molecule has 0 aromatic heterocycles. The molecule has 6 aliphatic rings. The van der Waals surface area contributed by atoms with Gasteiger partial charge in [0.15, 0.2) is 37.7 Å². The molecule has 0 bridgehead atoms. The van der Waals surface area contributed by atoms with Gasteiger partial charge in [-0.2, -0.15) is 0 Å². The van der Waals surface area contributed by atoms with Crippen molar-refractivity contribution >= 4 is 17.7 Å². The van der Waals surface area contributed by atoms with Gasteiger partial charge in [-0.3, -0.25) is 14.4 Å². The molecule has 6 aliphatic heterocycles. The van der Waals surface area contributed by atoms with Gasteiger partial charge in [-0.25, -0.2) is 0 Å². The molecule has 3 amide bonds. The van der Waals surface area contributed by atoms with Gasteiger partial charge in [0.05, 0.1) is 39.6 Å². The van der Waals surface area contributed by atoms with Gasteiger partial charge in [-0.1, -0.05) is 0 Å². The Morgan fingerprint density at radius 3 is 1.13 bits per heavy atom. The lowest BCUT2D eigenvalue weighted by Gasteiger charge is -2.50. The number of carbonyl (C=O) groups is 3. The molecule has 6 saturated heterocycles. The molecule has 0 unspecified atom stereocenters. The highest BCUT2D eigenvalue weighted by Crippen LogP contribution is 2.36. The van der Waals surface area contributed by atoms with Crippen LogP contribution >= 0.6 is 0 Å². The van der Waals surface area contributed by atoms with Crippen LogP contribution in [0.1, 0.15) is 20.8 Å². The zero-order chi connectivity index (χ0) is 56.2. The Kier molecular flexibility index (Phi) is 22.3. The third-order valence-electron chi connectivity index (χ3n) is 13.6. The van der Waals surface area contributed by atoms with Gasteiger partial charge < -0.3 is 155 Å². The smallest absolute Gasteiger partial charge is 0.217 e. The predicted molar refractivity (Wildman–Crippen MR) is 234 cm³/mol. The second-order valence-corrected chi connectivity index (χ2v) is 19.0. The molecule has 0 radical (unpaired) electrons. The van der Waals surface area contributed by atoms with Crippen molar-refractivity contribution in [2.75, 3.05) is 39.6 Å². The van der Waals surface area contributed by atoms with Crippen molar-refractivity contribution in [3.63, 3.8) is 0 Å². The van der Waals surface area contributed by atoms with Crippen molar-refractivity contribution in [3.8, 4) is 0 Å². The summed E-state index contributed by atoms with van der Waals surface area (Å²) >= 11 is 0. The Bertz CT molecular complexity index is 1870. The Balaban J connectivity index is 1.35. The maximum atomic E-state index is 12.2. The van der Waals surface area contributed by atoms with Crippen LogP contribution in [-0.2, 0) is 66.5 Å². The van der Waals surface area contributed by atoms with Crippen molar-refractivity contribution in [1.29, 1.82) is 0 Å². The minimum absolute atomic E-state index is 0.774. The first-order valence-corrected chi connectivity index (χ1v) is 24.1. The van der Waals surface area contributed by atoms with E-state index in [1.807, 2.05) is 0 Å². The van der Waals surface area contributed by atoms with E-state index in [4.69, 9.17) is 52.1 Å². The molecule has 0 aliphatic carbocycles. The van der Waals surface area contributed by atoms with Gasteiger partial charge in [0, 0.05) is 20.8 Å². The first-order valence-electron chi connectivity index (χ1n) is 24.1. The average molecular weight is 1110 g/mol. The van der Waals surface area contributed by atoms with Crippen LogP contribution in [0, 0.1) is 0 Å². The Hall–Kier alpha value is -2.71. The highest BCUT2D eigenvalue weighted by atomic mass is 16.8. The van der Waals surface area contributed by atoms with E-state index < -0.39 is 241 Å². The lowest BCUT2D eigenvalue weighted by Crippen LogP contribution is -2.69. The van der Waals surface area contributed by atoms with Crippen LogP contribution in [-0.4, -0.2) is 328 Å². The number of carbonyl (C=O) groups excluding carboxylic acids is 3. The first-order chi connectivity index (χ1) is 35.9. The fourth-order valence-corrected chi connectivity index (χ4v) is 9.58. The van der Waals surface area contributed by atoms with Crippen LogP contribution in [0.5, 0.6) is 0 Å². The summed E-state index contributed by atoms with van der Waals surface area (Å²) in [4.78, 5) is 36.5. The van der Waals surface area contributed by atoms with Crippen LogP contribution in [0.2, 0.25) is 0 Å². The maximum Gasteiger partial charge on any atom is 0.217 e. The van der Waals surface area contributed by atoms with Gasteiger partial charge in [0.25, 0.3) is 0 Å². The minimum atomic E-state index is -2.33. The predicted octanol–water partition coefficient (Wildman–Crippen LogP) is -13.7. The molecule has 0 spiro atoms. The minimum Gasteiger partial charge on any atom is -0.394 e. The molecule has 30 atom stereocenters. The SMILES string of the molecule is CC(=O)N[C@@H]1[C@@H](O)[C@H](O[C@H]2O[C@H](CO[C@H]3O[C@H](CO)[C@@H](O)[C@H](O)[C@@H]3O[C@@H]3O[C@H](CO)[C@@H](O)[C@H](O)[C@H]3NC(C)=O)[C@@H](O)[C@H](O[C@H]3O[C@H](CO)[C@@H](O)[C@H](O)[C@@H]3O[C@@H]3O[C@H](CO)[C@@H](O)[C@H](O)[C@H]3NC(C)=O)[C@@H]2O)[C@@H](CO)O[C@H]1O. The van der Waals surface area contributed by atoms with Crippen LogP contribution in [0.25, 0.3) is 0 Å². The molecule has 0 aromatic carbocycles. The fraction of sp³-hybridized carbons (Fsp3) is 0.929. The number of amides is 3. The second-order valence-electron chi connectivity index (χ2n) is 19.0. The number of hydrogen-bond donors (Lipinski definition) is 20. The van der Waals surface area contributed by atoms with Crippen molar-refractivity contribution in [3.05, 3.63) is 0 Å². The number of nitrogens with one attached hydrogen (secondary N) is 3. The number of ether oxygens (including phenoxy) is 11. The van der Waals surface area contributed by atoms with Gasteiger partial charge in [-0.05, 0) is 0 Å². The van der Waals surface area contributed by atoms with E-state index in [9.17, 15) is 101 Å². The summed E-state index contributed by atoms with van der Waals surface area (Å²) in [5, 5.41) is 191. The van der Waals surface area contributed by atoms with E-state index in [0.717, 1.165) is 20.8 Å². The summed E-state index contributed by atoms with van der Waals surface area (Å²) < 4.78 is 64.0. The van der Waals surface area contributed by atoms with Gasteiger partial charge in [0.2, 0.25) is 17.7 Å². The molecule has 76 heavy (non-hydrogen) atoms. The highest BCUT2D eigenvalue weighted by Gasteiger charge is 2.58. The molecular weight excluding hydrogens is 1040 g/mol. The fourth-order valence-electron chi connectivity index (χ4n) is 9.58. The molecule has 6 rings (SSSR count). The topological polar surface area (TPSA) is 533 Å². The summed E-state index contributed by atoms with van der Waals surface area (Å²) in [7, 11) is 0. The summed E-state index contributed by atoms with van der Waals surface area (Å²) in [6.45, 7) is -2.74. The van der Waals surface area contributed by atoms with E-state index in [1.54, 1.807) is 0 Å². The van der Waals surface area contributed by atoms with Crippen LogP contribution in [0.15, 0.2) is 0 Å². The molecule has 0 saturated carbocycles. The zero-order valence-electron chi connectivity index (χ0n) is 40.9. The largest absolute Gasteiger partial charge is 0.394 e. The standard InChI is InChI=1S/C42H71N3O31/c1-10(51)43-19-29(61)33(17(8-50)67-37(19)65)73-40-32(64)34(74-42-36(31(63)25(57)16(7-49)71-42)76-39-21(45-12(3)53)28(60)23(55)14(5-47)69-39)26(58)18(72-40)9-66-41-35(30(62)24(56)15(6-48)70-41)75-38-20(44-11(2)52)27(59)22(54)13(4-46)68-38/h13-42,46-50,54-65H,4-9H2,1-3H3,(H,43,51)(H,44,52)(H,45,53)/t13-,14-,15-,16-,17-,18-,19-,20-,21-,22-,23-,24-,25-,26-,27-,28-,29-,30+,31+,32+,33-,34+,35+,36+,37-,38+,39+,40-,41+,42-/m1/s1. The summed E-state index contributed by atoms with van der Waals surface area (Å²) in [6.07, 6.45) is -52.5. The van der Waals surface area contributed by atoms with Gasteiger partial charge in [0.1, 0.15) is 146 Å². The Morgan fingerprint density at radius 2 is 0.697 bits per heavy atom. The van der Waals surface area contributed by atoms with Crippen molar-refractivity contribution in [2.24, 2.45) is 0 Å². The van der Waals surface area contributed by atoms with Gasteiger partial charge >= 0.3 is 0 Å². The monoisotopic (exact) mass is 1110 g/mol. The zero-order valence-corrected chi connectivity index (χ0v) is 40.9.